The summed E-state index contributed by atoms with van der Waals surface area (Å²) >= 11 is 0. The van der Waals surface area contributed by atoms with Crippen molar-refractivity contribution in [1.29, 1.82) is 0 Å². The van der Waals surface area contributed by atoms with Crippen LogP contribution >= 0.6 is 0 Å². The lowest BCUT2D eigenvalue weighted by molar-refractivity contribution is 0.247. The highest BCUT2D eigenvalue weighted by molar-refractivity contribution is 5.56. The van der Waals surface area contributed by atoms with E-state index in [1.807, 2.05) is 7.05 Å². The Labute approximate surface area is 106 Å². The van der Waals surface area contributed by atoms with Crippen LogP contribution < -0.4 is 10.6 Å². The van der Waals surface area contributed by atoms with Gasteiger partial charge >= 0.3 is 0 Å². The molecule has 3 nitrogen and oxygen atoms in total. The normalized spacial score (nSPS) is 21.0. The molecule has 2 N–H and O–H groups in total. The van der Waals surface area contributed by atoms with Gasteiger partial charge in [0.1, 0.15) is 5.69 Å². The number of likely N-dealkylation sites (tertiary alicyclic amines) is 1. The van der Waals surface area contributed by atoms with Gasteiger partial charge in [-0.15, -0.1) is 0 Å². The molecule has 0 saturated carbocycles. The van der Waals surface area contributed by atoms with Gasteiger partial charge in [0.05, 0.1) is 0 Å². The quantitative estimate of drug-likeness (QED) is 0.821. The molecule has 1 aromatic carbocycles. The molecule has 1 fully saturated rings. The summed E-state index contributed by atoms with van der Waals surface area (Å²) in [6.45, 7) is 1.86. The fraction of sp³-hybridized carbons (Fsp3) is 0.538. The topological polar surface area (TPSA) is 32.5 Å². The fourth-order valence-corrected chi connectivity index (χ4v) is 2.56. The Kier molecular flexibility index (Phi) is 3.71. The van der Waals surface area contributed by atoms with Gasteiger partial charge in [0, 0.05) is 25.3 Å². The minimum atomic E-state index is -0.594. The Morgan fingerprint density at radius 3 is 2.50 bits per heavy atom. The summed E-state index contributed by atoms with van der Waals surface area (Å²) in [5, 5.41) is 0. The third-order valence-corrected chi connectivity index (χ3v) is 3.54. The first-order chi connectivity index (χ1) is 8.49. The minimum Gasteiger partial charge on any atom is -0.399 e. The van der Waals surface area contributed by atoms with Crippen LogP contribution in [0, 0.1) is 11.6 Å². The molecule has 0 spiro atoms. The average molecular weight is 255 g/mol. The van der Waals surface area contributed by atoms with Gasteiger partial charge in [0.25, 0.3) is 0 Å². The summed E-state index contributed by atoms with van der Waals surface area (Å²) in [7, 11) is 3.76. The largest absolute Gasteiger partial charge is 0.399 e. The van der Waals surface area contributed by atoms with Crippen molar-refractivity contribution in [3.63, 3.8) is 0 Å². The first-order valence-corrected chi connectivity index (χ1v) is 6.15. The van der Waals surface area contributed by atoms with Crippen LogP contribution in [0.2, 0.25) is 0 Å². The zero-order valence-electron chi connectivity index (χ0n) is 10.8. The lowest BCUT2D eigenvalue weighted by Crippen LogP contribution is -2.45. The van der Waals surface area contributed by atoms with E-state index in [1.54, 1.807) is 11.9 Å². The van der Waals surface area contributed by atoms with E-state index in [2.05, 4.69) is 4.90 Å². The maximum absolute atomic E-state index is 13.8. The van der Waals surface area contributed by atoms with Crippen molar-refractivity contribution in [2.75, 3.05) is 37.8 Å². The third kappa shape index (κ3) is 2.56. The maximum atomic E-state index is 13.8. The summed E-state index contributed by atoms with van der Waals surface area (Å²) in [5.41, 5.74) is 5.55. The van der Waals surface area contributed by atoms with Gasteiger partial charge in [-0.25, -0.2) is 8.78 Å². The van der Waals surface area contributed by atoms with E-state index in [0.717, 1.165) is 25.9 Å². The molecule has 1 heterocycles. The Morgan fingerprint density at radius 1 is 1.33 bits per heavy atom. The van der Waals surface area contributed by atoms with Gasteiger partial charge < -0.3 is 15.5 Å². The van der Waals surface area contributed by atoms with Gasteiger partial charge in [0.15, 0.2) is 11.6 Å². The molecule has 100 valence electrons. The molecule has 0 aromatic heterocycles. The van der Waals surface area contributed by atoms with E-state index in [4.69, 9.17) is 5.73 Å². The summed E-state index contributed by atoms with van der Waals surface area (Å²) in [6, 6.07) is 2.47. The van der Waals surface area contributed by atoms with Crippen LogP contribution in [0.4, 0.5) is 20.2 Å². The molecular formula is C13H19F2N3. The van der Waals surface area contributed by atoms with Crippen molar-refractivity contribution in [2.45, 2.75) is 18.9 Å². The molecule has 1 saturated heterocycles. The number of anilines is 2. The second-order valence-corrected chi connectivity index (χ2v) is 5.00. The number of nitrogens with zero attached hydrogens (tertiary/aromatic N) is 2. The zero-order valence-corrected chi connectivity index (χ0v) is 10.8. The Balaban J connectivity index is 2.25. The molecule has 5 heteroatoms. The second kappa shape index (κ2) is 5.10. The second-order valence-electron chi connectivity index (χ2n) is 5.00. The van der Waals surface area contributed by atoms with Crippen molar-refractivity contribution < 1.29 is 8.78 Å². The van der Waals surface area contributed by atoms with Crippen LogP contribution in [0.5, 0.6) is 0 Å². The van der Waals surface area contributed by atoms with E-state index >= 15 is 0 Å². The van der Waals surface area contributed by atoms with Gasteiger partial charge in [-0.2, -0.15) is 0 Å². The van der Waals surface area contributed by atoms with Crippen LogP contribution in [-0.4, -0.2) is 38.1 Å². The predicted octanol–water partition coefficient (Wildman–Crippen LogP) is 2.08. The maximum Gasteiger partial charge on any atom is 0.151 e. The number of benzene rings is 1. The first-order valence-electron chi connectivity index (χ1n) is 6.15. The van der Waals surface area contributed by atoms with Gasteiger partial charge in [-0.1, -0.05) is 0 Å². The lowest BCUT2D eigenvalue weighted by Gasteiger charge is -2.37. The Hall–Kier alpha value is -1.36. The van der Waals surface area contributed by atoms with E-state index in [1.165, 1.54) is 12.1 Å². The number of nitrogen functional groups attached to an aromatic ring is 1. The highest BCUT2D eigenvalue weighted by Gasteiger charge is 2.25. The molecule has 0 aliphatic carbocycles. The van der Waals surface area contributed by atoms with Crippen molar-refractivity contribution in [3.8, 4) is 0 Å². The minimum absolute atomic E-state index is 0.0181. The standard InChI is InChI=1S/C13H19F2N3/c1-17-5-3-4-10(8-17)18(2)13-11(14)6-9(16)7-12(13)15/h6-7,10H,3-5,8,16H2,1-2H3. The van der Waals surface area contributed by atoms with Gasteiger partial charge in [-0.3, -0.25) is 0 Å². The zero-order chi connectivity index (χ0) is 13.3. The summed E-state index contributed by atoms with van der Waals surface area (Å²) in [5.74, 6) is -1.19. The highest BCUT2D eigenvalue weighted by atomic mass is 19.1. The predicted molar refractivity (Wildman–Crippen MR) is 69.7 cm³/mol. The van der Waals surface area contributed by atoms with E-state index < -0.39 is 11.6 Å². The number of likely N-dealkylation sites (N-methyl/N-ethyl adjacent to an activating group) is 2. The van der Waals surface area contributed by atoms with E-state index in [0.29, 0.717) is 0 Å². The van der Waals surface area contributed by atoms with Gasteiger partial charge in [0.2, 0.25) is 0 Å². The summed E-state index contributed by atoms with van der Waals surface area (Å²) < 4.78 is 27.7. The molecule has 0 bridgehead atoms. The number of piperidine rings is 1. The van der Waals surface area contributed by atoms with Crippen molar-refractivity contribution in [3.05, 3.63) is 23.8 Å². The molecule has 1 aliphatic heterocycles. The monoisotopic (exact) mass is 255 g/mol. The van der Waals surface area contributed by atoms with Crippen LogP contribution in [0.15, 0.2) is 12.1 Å². The van der Waals surface area contributed by atoms with E-state index in [9.17, 15) is 8.78 Å². The number of hydrogen-bond acceptors (Lipinski definition) is 3. The number of rotatable bonds is 2. The van der Waals surface area contributed by atoms with Crippen molar-refractivity contribution in [2.24, 2.45) is 0 Å². The summed E-state index contributed by atoms with van der Waals surface area (Å²) in [6.07, 6.45) is 1.99. The molecule has 2 rings (SSSR count). The number of halogens is 2. The molecular weight excluding hydrogens is 236 g/mol. The SMILES string of the molecule is CN1CCCC(N(C)c2c(F)cc(N)cc2F)C1. The Bertz CT molecular complexity index is 413. The molecule has 0 amide bonds. The first kappa shape index (κ1) is 13.1. The number of hydrogen-bond donors (Lipinski definition) is 1. The van der Waals surface area contributed by atoms with Crippen LogP contribution in [0.1, 0.15) is 12.8 Å². The molecule has 0 radical (unpaired) electrons. The highest BCUT2D eigenvalue weighted by Crippen LogP contribution is 2.28. The smallest absolute Gasteiger partial charge is 0.151 e. The lowest BCUT2D eigenvalue weighted by atomic mass is 10.0. The molecule has 18 heavy (non-hydrogen) atoms. The van der Waals surface area contributed by atoms with Crippen molar-refractivity contribution >= 4 is 11.4 Å². The molecule has 1 atom stereocenters. The third-order valence-electron chi connectivity index (χ3n) is 3.54. The average Bonchev–Trinajstić information content (AvgIpc) is 2.27. The number of nitrogens with two attached hydrogens (primary N) is 1. The fourth-order valence-electron chi connectivity index (χ4n) is 2.56. The Morgan fingerprint density at radius 2 is 1.94 bits per heavy atom. The summed E-state index contributed by atoms with van der Waals surface area (Å²) in [4.78, 5) is 3.87. The van der Waals surface area contributed by atoms with Crippen LogP contribution in [0.3, 0.4) is 0 Å². The van der Waals surface area contributed by atoms with E-state index in [-0.39, 0.29) is 17.4 Å². The molecule has 1 unspecified atom stereocenters. The molecule has 1 aliphatic rings. The molecule has 1 aromatic rings. The van der Waals surface area contributed by atoms with Crippen molar-refractivity contribution in [1.82, 2.24) is 4.90 Å². The van der Waals surface area contributed by atoms with Crippen LogP contribution in [-0.2, 0) is 0 Å². The van der Waals surface area contributed by atoms with Crippen LogP contribution in [0.25, 0.3) is 0 Å². The van der Waals surface area contributed by atoms with Gasteiger partial charge in [-0.05, 0) is 38.6 Å².